The van der Waals surface area contributed by atoms with Crippen LogP contribution >= 0.6 is 12.2 Å². The van der Waals surface area contributed by atoms with E-state index in [0.717, 1.165) is 42.5 Å². The molecule has 1 aliphatic rings. The maximum Gasteiger partial charge on any atom is 0.253 e. The predicted molar refractivity (Wildman–Crippen MR) is 139 cm³/mol. The van der Waals surface area contributed by atoms with Crippen molar-refractivity contribution in [1.29, 1.82) is 0 Å². The van der Waals surface area contributed by atoms with Crippen molar-refractivity contribution >= 4 is 33.9 Å². The molecule has 1 fully saturated rings. The predicted octanol–water partition coefficient (Wildman–Crippen LogP) is 5.09. The van der Waals surface area contributed by atoms with Gasteiger partial charge in [0.1, 0.15) is 5.75 Å². The van der Waals surface area contributed by atoms with Gasteiger partial charge in [0.2, 0.25) is 0 Å². The minimum Gasteiger partial charge on any atom is -0.495 e. The molecule has 0 unspecified atom stereocenters. The zero-order chi connectivity index (χ0) is 24.1. The van der Waals surface area contributed by atoms with Crippen LogP contribution < -0.4 is 25.1 Å². The standard InChI is InChI=1S/C26H31N3O4S/c1-31-22-12-8-7-11-20(22)28-26(34)29(19-9-5-4-6-10-19)16-18-13-17-14-23(32-2)24(33-3)15-21(17)27-25(18)30/h7-8,11-15,19H,4-6,9-10,16H2,1-3H3,(H,27,30)(H,28,34). The maximum absolute atomic E-state index is 13.0. The Morgan fingerprint density at radius 1 is 1.00 bits per heavy atom. The van der Waals surface area contributed by atoms with Gasteiger partial charge in [-0.05, 0) is 49.3 Å². The average molecular weight is 482 g/mol. The van der Waals surface area contributed by atoms with E-state index in [4.69, 9.17) is 26.4 Å². The molecule has 34 heavy (non-hydrogen) atoms. The number of aromatic nitrogens is 1. The number of benzene rings is 2. The Bertz CT molecular complexity index is 1220. The number of thiocarbonyl (C=S) groups is 1. The van der Waals surface area contributed by atoms with E-state index in [-0.39, 0.29) is 11.6 Å². The van der Waals surface area contributed by atoms with E-state index in [0.29, 0.717) is 34.2 Å². The van der Waals surface area contributed by atoms with E-state index >= 15 is 0 Å². The third-order valence-corrected chi connectivity index (χ3v) is 6.73. The summed E-state index contributed by atoms with van der Waals surface area (Å²) in [6, 6.07) is 13.5. The lowest BCUT2D eigenvalue weighted by Crippen LogP contribution is -2.44. The highest BCUT2D eigenvalue weighted by atomic mass is 32.1. The molecule has 8 heteroatoms. The lowest BCUT2D eigenvalue weighted by molar-refractivity contribution is 0.240. The first kappa shape index (κ1) is 23.9. The second kappa shape index (κ2) is 10.8. The van der Waals surface area contributed by atoms with Crippen LogP contribution in [0.4, 0.5) is 5.69 Å². The molecule has 3 aromatic rings. The Morgan fingerprint density at radius 3 is 2.38 bits per heavy atom. The number of para-hydroxylation sites is 2. The van der Waals surface area contributed by atoms with Gasteiger partial charge in [-0.2, -0.15) is 0 Å². The molecule has 7 nitrogen and oxygen atoms in total. The van der Waals surface area contributed by atoms with Gasteiger partial charge in [0.05, 0.1) is 39.1 Å². The van der Waals surface area contributed by atoms with E-state index in [1.54, 1.807) is 27.4 Å². The number of rotatable bonds is 7. The summed E-state index contributed by atoms with van der Waals surface area (Å²) in [7, 11) is 4.82. The first-order valence-electron chi connectivity index (χ1n) is 11.5. The number of nitrogens with zero attached hydrogens (tertiary/aromatic N) is 1. The average Bonchev–Trinajstić information content (AvgIpc) is 2.87. The summed E-state index contributed by atoms with van der Waals surface area (Å²) >= 11 is 5.87. The van der Waals surface area contributed by atoms with Gasteiger partial charge in [-0.1, -0.05) is 31.4 Å². The summed E-state index contributed by atoms with van der Waals surface area (Å²) in [5, 5.41) is 4.81. The van der Waals surface area contributed by atoms with Crippen LogP contribution in [-0.2, 0) is 6.54 Å². The highest BCUT2D eigenvalue weighted by Crippen LogP contribution is 2.32. The molecule has 4 rings (SSSR count). The Labute approximate surface area is 205 Å². The molecule has 180 valence electrons. The summed E-state index contributed by atoms with van der Waals surface area (Å²) in [5.41, 5.74) is 2.01. The van der Waals surface area contributed by atoms with Crippen LogP contribution in [0.5, 0.6) is 17.2 Å². The largest absolute Gasteiger partial charge is 0.495 e. The number of aromatic amines is 1. The lowest BCUT2D eigenvalue weighted by atomic mass is 9.94. The second-order valence-electron chi connectivity index (χ2n) is 8.47. The van der Waals surface area contributed by atoms with Gasteiger partial charge >= 0.3 is 0 Å². The molecule has 0 amide bonds. The van der Waals surface area contributed by atoms with Gasteiger partial charge < -0.3 is 29.4 Å². The fraction of sp³-hybridized carbons (Fsp3) is 0.385. The first-order valence-corrected chi connectivity index (χ1v) is 11.9. The minimum absolute atomic E-state index is 0.138. The van der Waals surface area contributed by atoms with Crippen molar-refractivity contribution in [1.82, 2.24) is 9.88 Å². The van der Waals surface area contributed by atoms with Gasteiger partial charge in [0.25, 0.3) is 5.56 Å². The molecule has 0 spiro atoms. The quantitative estimate of drug-likeness (QED) is 0.456. The molecule has 0 aliphatic heterocycles. The van der Waals surface area contributed by atoms with Crippen LogP contribution in [0.2, 0.25) is 0 Å². The lowest BCUT2D eigenvalue weighted by Gasteiger charge is -2.36. The summed E-state index contributed by atoms with van der Waals surface area (Å²) in [6.07, 6.45) is 5.64. The molecule has 0 saturated heterocycles. The number of nitrogens with one attached hydrogen (secondary N) is 2. The van der Waals surface area contributed by atoms with Crippen LogP contribution in [0.15, 0.2) is 47.3 Å². The fourth-order valence-electron chi connectivity index (χ4n) is 4.57. The molecular weight excluding hydrogens is 450 g/mol. The van der Waals surface area contributed by atoms with Crippen LogP contribution in [0, 0.1) is 0 Å². The zero-order valence-electron chi connectivity index (χ0n) is 19.8. The van der Waals surface area contributed by atoms with Crippen molar-refractivity contribution in [2.24, 2.45) is 0 Å². The number of fused-ring (bicyclic) bond motifs is 1. The Hall–Kier alpha value is -3.26. The molecule has 1 aliphatic carbocycles. The molecule has 0 atom stereocenters. The van der Waals surface area contributed by atoms with Crippen molar-refractivity contribution < 1.29 is 14.2 Å². The van der Waals surface area contributed by atoms with E-state index in [9.17, 15) is 4.79 Å². The number of H-pyrrole nitrogens is 1. The van der Waals surface area contributed by atoms with E-state index in [1.165, 1.54) is 6.42 Å². The van der Waals surface area contributed by atoms with Gasteiger partial charge in [-0.15, -0.1) is 0 Å². The molecule has 0 bridgehead atoms. The van der Waals surface area contributed by atoms with Crippen molar-refractivity contribution in [2.45, 2.75) is 44.7 Å². The van der Waals surface area contributed by atoms with Gasteiger partial charge in [0, 0.05) is 23.1 Å². The molecule has 1 aromatic heterocycles. The second-order valence-corrected chi connectivity index (χ2v) is 8.86. The summed E-state index contributed by atoms with van der Waals surface area (Å²) in [6.45, 7) is 0.408. The zero-order valence-corrected chi connectivity index (χ0v) is 20.7. The highest BCUT2D eigenvalue weighted by Gasteiger charge is 2.25. The SMILES string of the molecule is COc1ccccc1NC(=S)N(Cc1cc2cc(OC)c(OC)cc2[nH]c1=O)C1CCCCC1. The number of methoxy groups -OCH3 is 3. The molecule has 1 saturated carbocycles. The number of anilines is 1. The first-order chi connectivity index (χ1) is 16.5. The third kappa shape index (κ3) is 5.12. The summed E-state index contributed by atoms with van der Waals surface area (Å²) < 4.78 is 16.3. The van der Waals surface area contributed by atoms with Crippen LogP contribution in [-0.4, -0.2) is 42.4 Å². The minimum atomic E-state index is -0.138. The fourth-order valence-corrected chi connectivity index (χ4v) is 4.90. The van der Waals surface area contributed by atoms with Crippen molar-refractivity contribution in [3.8, 4) is 17.2 Å². The maximum atomic E-state index is 13.0. The highest BCUT2D eigenvalue weighted by molar-refractivity contribution is 7.80. The number of hydrogen-bond acceptors (Lipinski definition) is 5. The Morgan fingerprint density at radius 2 is 1.68 bits per heavy atom. The van der Waals surface area contributed by atoms with E-state index in [2.05, 4.69) is 15.2 Å². The number of hydrogen-bond donors (Lipinski definition) is 2. The Kier molecular flexibility index (Phi) is 7.57. The van der Waals surface area contributed by atoms with Crippen molar-refractivity contribution in [3.05, 3.63) is 58.4 Å². The van der Waals surface area contributed by atoms with Crippen LogP contribution in [0.1, 0.15) is 37.7 Å². The monoisotopic (exact) mass is 481 g/mol. The van der Waals surface area contributed by atoms with Crippen LogP contribution in [0.3, 0.4) is 0 Å². The molecule has 2 N–H and O–H groups in total. The topological polar surface area (TPSA) is 75.8 Å². The van der Waals surface area contributed by atoms with Gasteiger partial charge in [-0.3, -0.25) is 4.79 Å². The normalized spacial score (nSPS) is 14.0. The molecule has 0 radical (unpaired) electrons. The molecular formula is C26H31N3O4S. The Balaban J connectivity index is 1.67. The van der Waals surface area contributed by atoms with Crippen LogP contribution in [0.25, 0.3) is 10.9 Å². The van der Waals surface area contributed by atoms with Gasteiger partial charge in [-0.25, -0.2) is 0 Å². The number of ether oxygens (including phenoxy) is 3. The summed E-state index contributed by atoms with van der Waals surface area (Å²) in [5.74, 6) is 1.91. The number of pyridine rings is 1. The third-order valence-electron chi connectivity index (χ3n) is 6.39. The van der Waals surface area contributed by atoms with E-state index < -0.39 is 0 Å². The van der Waals surface area contributed by atoms with Crippen molar-refractivity contribution in [3.63, 3.8) is 0 Å². The smallest absolute Gasteiger partial charge is 0.253 e. The molecule has 2 aromatic carbocycles. The summed E-state index contributed by atoms with van der Waals surface area (Å²) in [4.78, 5) is 18.2. The molecule has 1 heterocycles. The van der Waals surface area contributed by atoms with E-state index in [1.807, 2.05) is 36.4 Å². The van der Waals surface area contributed by atoms with Crippen molar-refractivity contribution in [2.75, 3.05) is 26.6 Å². The van der Waals surface area contributed by atoms with Gasteiger partial charge in [0.15, 0.2) is 16.6 Å².